The van der Waals surface area contributed by atoms with E-state index < -0.39 is 10.8 Å². The van der Waals surface area contributed by atoms with Crippen molar-refractivity contribution in [2.45, 2.75) is 295 Å². The van der Waals surface area contributed by atoms with Gasteiger partial charge in [-0.1, -0.05) is 307 Å². The molecule has 2 aliphatic rings. The van der Waals surface area contributed by atoms with E-state index in [-0.39, 0.29) is 0 Å². The van der Waals surface area contributed by atoms with Crippen LogP contribution in [-0.4, -0.2) is 26.4 Å². The van der Waals surface area contributed by atoms with Gasteiger partial charge in [-0.3, -0.25) is 0 Å². The van der Waals surface area contributed by atoms with Crippen LogP contribution in [0.5, 0.6) is 23.0 Å². The van der Waals surface area contributed by atoms with Crippen LogP contribution in [0.25, 0.3) is 47.7 Å². The Bertz CT molecular complexity index is 3640. The molecule has 0 unspecified atom stereocenters. The van der Waals surface area contributed by atoms with Gasteiger partial charge >= 0.3 is 0 Å². The van der Waals surface area contributed by atoms with Crippen molar-refractivity contribution in [3.8, 4) is 42.5 Å². The van der Waals surface area contributed by atoms with Gasteiger partial charge in [-0.05, 0) is 119 Å². The van der Waals surface area contributed by atoms with Crippen molar-refractivity contribution in [1.82, 2.24) is 0 Å². The summed E-state index contributed by atoms with van der Waals surface area (Å²) >= 11 is 12.0. The Morgan fingerprint density at radius 1 is 0.225 bits per heavy atom. The van der Waals surface area contributed by atoms with Crippen LogP contribution in [0.4, 0.5) is 0 Å². The summed E-state index contributed by atoms with van der Waals surface area (Å²) < 4.78 is 35.1. The van der Waals surface area contributed by atoms with Crippen LogP contribution in [0.15, 0.2) is 120 Å². The largest absolute Gasteiger partial charge is 0.494 e. The van der Waals surface area contributed by atoms with Gasteiger partial charge in [-0.2, -0.15) is 0 Å². The van der Waals surface area contributed by atoms with Crippen molar-refractivity contribution in [2.24, 2.45) is 0 Å². The van der Waals surface area contributed by atoms with Crippen LogP contribution in [0.2, 0.25) is 0 Å². The first kappa shape index (κ1) is 76.7. The summed E-state index contributed by atoms with van der Waals surface area (Å²) in [5, 5.41) is 4.65. The summed E-state index contributed by atoms with van der Waals surface area (Å²) in [4.78, 5) is 5.68. The van der Waals surface area contributed by atoms with Crippen molar-refractivity contribution >= 4 is 96.2 Å². The maximum absolute atomic E-state index is 6.68. The molecule has 548 valence electrons. The zero-order valence-corrected chi connectivity index (χ0v) is 67.6. The number of thiophene rings is 6. The lowest BCUT2D eigenvalue weighted by Crippen LogP contribution is -2.29. The van der Waals surface area contributed by atoms with E-state index in [4.69, 9.17) is 18.9 Å². The Hall–Kier alpha value is -4.94. The van der Waals surface area contributed by atoms with Gasteiger partial charge in [-0.15, -0.1) is 68.0 Å². The molecule has 0 saturated heterocycles. The zero-order chi connectivity index (χ0) is 70.0. The SMILES string of the molecule is CCCCCCCCCCCCOc1ccc(C2(c3ccc(OCCCCCCCCCCCC)cc3)c3c(sc4ccsc34)-c3sc4c5c(sc4c32)-c2sc3ccsc3c2C5(c2ccc(OCCCCCCCCCCCC)cc2)c2ccc(OCCCCCCCCCCCC)cc2)cc1. The smallest absolute Gasteiger partial charge is 0.119 e. The van der Waals surface area contributed by atoms with Crippen molar-refractivity contribution in [1.29, 1.82) is 0 Å². The molecule has 10 heteroatoms. The summed E-state index contributed by atoms with van der Waals surface area (Å²) in [6.07, 6.45) is 52.5. The van der Waals surface area contributed by atoms with Gasteiger partial charge in [0.1, 0.15) is 23.0 Å². The first-order valence-corrected chi connectivity index (χ1v) is 46.1. The topological polar surface area (TPSA) is 36.9 Å². The standard InChI is InChI=1S/C92H120O4S6/c1-5-9-13-17-21-25-29-33-37-41-63-93-73-53-45-69(46-54-73)91(70-47-55-74(56-48-70)94-64-42-38-34-30-26-22-18-14-10-6-2)79-83-77(61-67-97-83)99-85(79)87-81(91)89-90(101-87)82-88(102-89)86-80(84-78(100-86)62-68-98-84)92(82,71-49-57-75(58-50-71)95-65-43-39-35-31-27-23-19-15-11-7-3)72-51-59-76(60-52-72)96-66-44-40-36-32-28-24-20-16-12-8-4/h45-62,67-68H,5-44,63-66H2,1-4H3. The maximum Gasteiger partial charge on any atom is 0.119 e. The minimum Gasteiger partial charge on any atom is -0.494 e. The minimum absolute atomic E-state index is 0.615. The van der Waals surface area contributed by atoms with E-state index in [1.54, 1.807) is 0 Å². The highest BCUT2D eigenvalue weighted by Crippen LogP contribution is 2.72. The predicted molar refractivity (Wildman–Crippen MR) is 450 cm³/mol. The number of fused-ring (bicyclic) bond motifs is 13. The second-order valence-corrected chi connectivity index (χ2v) is 35.8. The number of benzene rings is 4. The van der Waals surface area contributed by atoms with E-state index in [0.29, 0.717) is 0 Å². The van der Waals surface area contributed by atoms with Crippen LogP contribution >= 0.6 is 68.0 Å². The number of hydrogen-bond donors (Lipinski definition) is 0. The molecule has 12 rings (SSSR count). The molecule has 0 saturated carbocycles. The normalized spacial score (nSPS) is 13.4. The van der Waals surface area contributed by atoms with Gasteiger partial charge in [0.25, 0.3) is 0 Å². The first-order chi connectivity index (χ1) is 50.5. The van der Waals surface area contributed by atoms with Crippen molar-refractivity contribution in [2.75, 3.05) is 26.4 Å². The molecular weight excluding hydrogens is 1360 g/mol. The molecule has 0 radical (unpaired) electrons. The van der Waals surface area contributed by atoms with Gasteiger partial charge in [0.2, 0.25) is 0 Å². The average Bonchev–Trinajstić information content (AvgIpc) is 1.48. The Labute approximate surface area is 638 Å². The molecule has 0 atom stereocenters. The quantitative estimate of drug-likeness (QED) is 0.0356. The highest BCUT2D eigenvalue weighted by molar-refractivity contribution is 7.37. The third-order valence-electron chi connectivity index (χ3n) is 22.2. The van der Waals surface area contributed by atoms with Crippen LogP contribution < -0.4 is 18.9 Å². The van der Waals surface area contributed by atoms with Gasteiger partial charge in [0.15, 0.2) is 0 Å². The Kier molecular flexibility index (Phi) is 30.2. The third kappa shape index (κ3) is 18.2. The number of ether oxygens (including phenoxy) is 4. The molecule has 6 heterocycles. The lowest BCUT2D eigenvalue weighted by molar-refractivity contribution is 0.304. The van der Waals surface area contributed by atoms with E-state index in [9.17, 15) is 0 Å². The van der Waals surface area contributed by atoms with Gasteiger partial charge < -0.3 is 18.9 Å². The Balaban J connectivity index is 0.897. The molecular formula is C92H120O4S6. The molecule has 4 aromatic carbocycles. The number of unbranched alkanes of at least 4 members (excludes halogenated alkanes) is 36. The van der Waals surface area contributed by atoms with Crippen molar-refractivity contribution in [3.05, 3.63) is 164 Å². The molecule has 0 spiro atoms. The van der Waals surface area contributed by atoms with Crippen molar-refractivity contribution in [3.63, 3.8) is 0 Å². The molecule has 4 nitrogen and oxygen atoms in total. The van der Waals surface area contributed by atoms with E-state index in [1.807, 2.05) is 45.3 Å². The monoisotopic (exact) mass is 1480 g/mol. The Morgan fingerprint density at radius 3 is 0.667 bits per heavy atom. The molecule has 0 aliphatic heterocycles. The maximum atomic E-state index is 6.68. The second kappa shape index (κ2) is 40.1. The predicted octanol–water partition coefficient (Wildman–Crippen LogP) is 31.4. The van der Waals surface area contributed by atoms with Crippen molar-refractivity contribution < 1.29 is 18.9 Å². The third-order valence-corrected chi connectivity index (χ3v) is 29.5. The second-order valence-electron chi connectivity index (χ2n) is 29.8. The van der Waals surface area contributed by atoms with Crippen LogP contribution in [-0.2, 0) is 10.8 Å². The fourth-order valence-electron chi connectivity index (χ4n) is 16.6. The van der Waals surface area contributed by atoms with Crippen LogP contribution in [0, 0.1) is 0 Å². The number of rotatable bonds is 52. The molecule has 102 heavy (non-hydrogen) atoms. The molecule has 0 fully saturated rings. The van der Waals surface area contributed by atoms with E-state index >= 15 is 0 Å². The fourth-order valence-corrected chi connectivity index (χ4v) is 25.0. The summed E-state index contributed by atoms with van der Waals surface area (Å²) in [5.41, 5.74) is 9.70. The molecule has 0 amide bonds. The Morgan fingerprint density at radius 2 is 0.431 bits per heavy atom. The average molecular weight is 1480 g/mol. The summed E-state index contributed by atoms with van der Waals surface area (Å²) in [5.74, 6) is 3.82. The number of hydrogen-bond acceptors (Lipinski definition) is 10. The molecule has 10 aromatic rings. The highest BCUT2D eigenvalue weighted by Gasteiger charge is 2.56. The fraction of sp³-hybridized carbons (Fsp3) is 0.543. The molecule has 0 bridgehead atoms. The first-order valence-electron chi connectivity index (χ1n) is 41.1. The summed E-state index contributed by atoms with van der Waals surface area (Å²) in [7, 11) is 0. The van der Waals surface area contributed by atoms with Gasteiger partial charge in [0, 0.05) is 31.7 Å². The molecule has 0 N–H and O–H groups in total. The molecule has 2 aliphatic carbocycles. The van der Waals surface area contributed by atoms with E-state index in [2.05, 4.69) is 170 Å². The van der Waals surface area contributed by atoms with Crippen LogP contribution in [0.3, 0.4) is 0 Å². The van der Waals surface area contributed by atoms with Gasteiger partial charge in [0.05, 0.1) is 75.6 Å². The van der Waals surface area contributed by atoms with Crippen LogP contribution in [0.1, 0.15) is 329 Å². The molecule has 6 aromatic heterocycles. The van der Waals surface area contributed by atoms with E-state index in [0.717, 1.165) is 75.1 Å². The lowest BCUT2D eigenvalue weighted by atomic mass is 9.67. The van der Waals surface area contributed by atoms with E-state index in [1.165, 1.54) is 323 Å². The van der Waals surface area contributed by atoms with Gasteiger partial charge in [-0.25, -0.2) is 0 Å². The highest BCUT2D eigenvalue weighted by atomic mass is 32.1. The summed E-state index contributed by atoms with van der Waals surface area (Å²) in [6, 6.07) is 42.5. The zero-order valence-electron chi connectivity index (χ0n) is 62.7. The lowest BCUT2D eigenvalue weighted by Gasteiger charge is -2.34. The summed E-state index contributed by atoms with van der Waals surface area (Å²) in [6.45, 7) is 12.2. The minimum atomic E-state index is -0.615.